The Morgan fingerprint density at radius 2 is 2.10 bits per heavy atom. The molecule has 0 saturated carbocycles. The molecular weight excluding hydrogens is 267 g/mol. The third-order valence-electron chi connectivity index (χ3n) is 4.60. The van der Waals surface area contributed by atoms with Gasteiger partial charge in [-0.05, 0) is 75.0 Å². The Balaban J connectivity index is 2.05. The van der Waals surface area contributed by atoms with Crippen molar-refractivity contribution in [2.24, 2.45) is 11.7 Å². The number of likely N-dealkylation sites (tertiary alicyclic amines) is 1. The first-order valence-corrected chi connectivity index (χ1v) is 7.95. The molecule has 1 aromatic rings. The molecule has 1 fully saturated rings. The summed E-state index contributed by atoms with van der Waals surface area (Å²) in [6.07, 6.45) is 3.50. The fourth-order valence-corrected chi connectivity index (χ4v) is 3.41. The second-order valence-corrected chi connectivity index (χ2v) is 5.92. The van der Waals surface area contributed by atoms with Crippen molar-refractivity contribution in [2.75, 3.05) is 33.3 Å². The number of rotatable bonds is 6. The third-order valence-corrected chi connectivity index (χ3v) is 4.60. The van der Waals surface area contributed by atoms with Crippen LogP contribution >= 0.6 is 0 Å². The van der Waals surface area contributed by atoms with E-state index in [2.05, 4.69) is 11.8 Å². The zero-order valence-corrected chi connectivity index (χ0v) is 13.1. The van der Waals surface area contributed by atoms with Gasteiger partial charge in [0.1, 0.15) is 0 Å². The first-order valence-electron chi connectivity index (χ1n) is 7.95. The Morgan fingerprint density at radius 1 is 1.38 bits per heavy atom. The summed E-state index contributed by atoms with van der Waals surface area (Å²) in [7, 11) is 1.49. The second-order valence-electron chi connectivity index (χ2n) is 5.92. The number of piperidine rings is 1. The molecule has 21 heavy (non-hydrogen) atoms. The lowest BCUT2D eigenvalue weighted by atomic mass is 9.80. The van der Waals surface area contributed by atoms with Crippen LogP contribution < -0.4 is 10.5 Å². The molecule has 1 atom stereocenters. The van der Waals surface area contributed by atoms with E-state index in [1.165, 1.54) is 20.1 Å². The summed E-state index contributed by atoms with van der Waals surface area (Å²) in [5.74, 6) is 0.800. The third kappa shape index (κ3) is 3.95. The lowest BCUT2D eigenvalue weighted by Gasteiger charge is -2.36. The van der Waals surface area contributed by atoms with Crippen LogP contribution in [0.25, 0.3) is 0 Å². The first kappa shape index (κ1) is 16.2. The van der Waals surface area contributed by atoms with Gasteiger partial charge in [-0.1, -0.05) is 13.0 Å². The van der Waals surface area contributed by atoms with Crippen molar-refractivity contribution in [1.82, 2.24) is 4.90 Å². The minimum absolute atomic E-state index is 0.245. The van der Waals surface area contributed by atoms with Crippen molar-refractivity contribution in [3.05, 3.63) is 29.6 Å². The van der Waals surface area contributed by atoms with Crippen LogP contribution in [0.15, 0.2) is 18.2 Å². The highest BCUT2D eigenvalue weighted by molar-refractivity contribution is 5.32. The van der Waals surface area contributed by atoms with Gasteiger partial charge >= 0.3 is 0 Å². The number of hydrogen-bond donors (Lipinski definition) is 1. The topological polar surface area (TPSA) is 38.5 Å². The number of benzene rings is 1. The predicted molar refractivity (Wildman–Crippen MR) is 84.2 cm³/mol. The van der Waals surface area contributed by atoms with Crippen molar-refractivity contribution in [3.8, 4) is 5.75 Å². The Bertz CT molecular complexity index is 444. The second kappa shape index (κ2) is 7.76. The van der Waals surface area contributed by atoms with E-state index in [0.717, 1.165) is 31.5 Å². The number of methoxy groups -OCH3 is 1. The average molecular weight is 294 g/mol. The zero-order chi connectivity index (χ0) is 15.2. The van der Waals surface area contributed by atoms with Gasteiger partial charge in [0.15, 0.2) is 11.6 Å². The molecule has 0 aromatic heterocycles. The molecule has 2 N–H and O–H groups in total. The Labute approximate surface area is 127 Å². The zero-order valence-electron chi connectivity index (χ0n) is 13.1. The molecule has 1 heterocycles. The van der Waals surface area contributed by atoms with E-state index in [4.69, 9.17) is 10.5 Å². The van der Waals surface area contributed by atoms with Gasteiger partial charge in [-0.15, -0.1) is 0 Å². The van der Waals surface area contributed by atoms with E-state index >= 15 is 0 Å². The summed E-state index contributed by atoms with van der Waals surface area (Å²) >= 11 is 0. The van der Waals surface area contributed by atoms with Gasteiger partial charge in [0, 0.05) is 0 Å². The highest BCUT2D eigenvalue weighted by Crippen LogP contribution is 2.33. The molecule has 1 unspecified atom stereocenters. The average Bonchev–Trinajstić information content (AvgIpc) is 2.50. The molecule has 1 aromatic carbocycles. The molecular formula is C17H27FN2O. The van der Waals surface area contributed by atoms with Gasteiger partial charge in [0.05, 0.1) is 7.11 Å². The van der Waals surface area contributed by atoms with Gasteiger partial charge < -0.3 is 15.4 Å². The SMILES string of the molecule is CCCN1CCC(C(CN)c2ccc(OC)c(F)c2)CC1. The van der Waals surface area contributed by atoms with E-state index in [0.29, 0.717) is 18.2 Å². The van der Waals surface area contributed by atoms with Crippen LogP contribution in [0.4, 0.5) is 4.39 Å². The van der Waals surface area contributed by atoms with E-state index in [1.54, 1.807) is 12.1 Å². The molecule has 3 nitrogen and oxygen atoms in total. The van der Waals surface area contributed by atoms with Gasteiger partial charge in [-0.25, -0.2) is 4.39 Å². The van der Waals surface area contributed by atoms with Crippen molar-refractivity contribution in [2.45, 2.75) is 32.1 Å². The summed E-state index contributed by atoms with van der Waals surface area (Å²) < 4.78 is 18.9. The van der Waals surface area contributed by atoms with Crippen molar-refractivity contribution in [3.63, 3.8) is 0 Å². The Kier molecular flexibility index (Phi) is 6.00. The number of halogens is 1. The van der Waals surface area contributed by atoms with Crippen molar-refractivity contribution < 1.29 is 9.13 Å². The summed E-state index contributed by atoms with van der Waals surface area (Å²) in [5, 5.41) is 0. The fourth-order valence-electron chi connectivity index (χ4n) is 3.41. The molecule has 0 aliphatic carbocycles. The van der Waals surface area contributed by atoms with Crippen LogP contribution in [-0.2, 0) is 0 Å². The van der Waals surface area contributed by atoms with Gasteiger partial charge in [0.25, 0.3) is 0 Å². The lowest BCUT2D eigenvalue weighted by Crippen LogP contribution is -2.37. The highest BCUT2D eigenvalue weighted by Gasteiger charge is 2.27. The molecule has 0 spiro atoms. The molecule has 1 aliphatic heterocycles. The smallest absolute Gasteiger partial charge is 0.165 e. The molecule has 118 valence electrons. The number of nitrogens with zero attached hydrogens (tertiary/aromatic N) is 1. The quantitative estimate of drug-likeness (QED) is 0.876. The van der Waals surface area contributed by atoms with Crippen LogP contribution in [0.5, 0.6) is 5.75 Å². The standard InChI is InChI=1S/C17H27FN2O/c1-3-8-20-9-6-13(7-10-20)15(12-19)14-4-5-17(21-2)16(18)11-14/h4-5,11,13,15H,3,6-10,12,19H2,1-2H3. The maximum Gasteiger partial charge on any atom is 0.165 e. The first-order chi connectivity index (χ1) is 10.2. The molecule has 4 heteroatoms. The Hall–Kier alpha value is -1.13. The van der Waals surface area contributed by atoms with Gasteiger partial charge in [0.2, 0.25) is 0 Å². The maximum absolute atomic E-state index is 13.9. The normalized spacial score (nSPS) is 18.7. The summed E-state index contributed by atoms with van der Waals surface area (Å²) in [6.45, 7) is 6.23. The summed E-state index contributed by atoms with van der Waals surface area (Å²) in [6, 6.07) is 5.26. The van der Waals surface area contributed by atoms with Crippen molar-refractivity contribution in [1.29, 1.82) is 0 Å². The molecule has 0 amide bonds. The molecule has 1 saturated heterocycles. The maximum atomic E-state index is 13.9. The number of hydrogen-bond acceptors (Lipinski definition) is 3. The van der Waals surface area contributed by atoms with E-state index in [9.17, 15) is 4.39 Å². The predicted octanol–water partition coefficient (Wildman–Crippen LogP) is 3.00. The summed E-state index contributed by atoms with van der Waals surface area (Å²) in [4.78, 5) is 2.51. The van der Waals surface area contributed by atoms with Crippen LogP contribution in [-0.4, -0.2) is 38.2 Å². The monoisotopic (exact) mass is 294 g/mol. The van der Waals surface area contributed by atoms with Crippen LogP contribution in [0.2, 0.25) is 0 Å². The van der Waals surface area contributed by atoms with E-state index in [-0.39, 0.29) is 11.7 Å². The highest BCUT2D eigenvalue weighted by atomic mass is 19.1. The fraction of sp³-hybridized carbons (Fsp3) is 0.647. The molecule has 0 bridgehead atoms. The molecule has 2 rings (SSSR count). The van der Waals surface area contributed by atoms with Crippen LogP contribution in [0.3, 0.4) is 0 Å². The van der Waals surface area contributed by atoms with Gasteiger partial charge in [-0.3, -0.25) is 0 Å². The minimum atomic E-state index is -0.295. The van der Waals surface area contributed by atoms with E-state index < -0.39 is 0 Å². The largest absolute Gasteiger partial charge is 0.494 e. The minimum Gasteiger partial charge on any atom is -0.494 e. The summed E-state index contributed by atoms with van der Waals surface area (Å²) in [5.41, 5.74) is 6.99. The molecule has 0 radical (unpaired) electrons. The number of ether oxygens (including phenoxy) is 1. The van der Waals surface area contributed by atoms with Crippen LogP contribution in [0, 0.1) is 11.7 Å². The van der Waals surface area contributed by atoms with Gasteiger partial charge in [-0.2, -0.15) is 0 Å². The lowest BCUT2D eigenvalue weighted by molar-refractivity contribution is 0.169. The molecule has 1 aliphatic rings. The Morgan fingerprint density at radius 3 is 2.62 bits per heavy atom. The van der Waals surface area contributed by atoms with E-state index in [1.807, 2.05) is 6.07 Å². The van der Waals surface area contributed by atoms with Crippen LogP contribution in [0.1, 0.15) is 37.7 Å². The number of nitrogens with two attached hydrogens (primary N) is 1. The van der Waals surface area contributed by atoms with Crippen molar-refractivity contribution >= 4 is 0 Å².